The zero-order valence-electron chi connectivity index (χ0n) is 4.23. The van der Waals surface area contributed by atoms with E-state index in [2.05, 4.69) is 0 Å². The van der Waals surface area contributed by atoms with Gasteiger partial charge in [-0.25, -0.2) is 8.78 Å². The molecule has 3 aliphatic rings. The molecule has 0 aromatic heterocycles. The standard InChI is InChI=1S/C5H6F2O/c6-5(7)3-1-4(5)8-2-3/h3-4H,1-2H2. The highest BCUT2D eigenvalue weighted by molar-refractivity contribution is 5.02. The lowest BCUT2D eigenvalue weighted by molar-refractivity contribution is -0.150. The van der Waals surface area contributed by atoms with Crippen molar-refractivity contribution in [1.29, 1.82) is 0 Å². The molecule has 1 saturated carbocycles. The largest absolute Gasteiger partial charge is 0.371 e. The molecular weight excluding hydrogens is 114 g/mol. The summed E-state index contributed by atoms with van der Waals surface area (Å²) in [6.07, 6.45) is -0.153. The Labute approximate surface area is 45.6 Å². The van der Waals surface area contributed by atoms with Gasteiger partial charge in [0.05, 0.1) is 12.5 Å². The lowest BCUT2D eigenvalue weighted by Gasteiger charge is -2.31. The molecule has 0 N–H and O–H groups in total. The monoisotopic (exact) mass is 120 g/mol. The average Bonchev–Trinajstić information content (AvgIpc) is 2.18. The van der Waals surface area contributed by atoms with Gasteiger partial charge in [0.2, 0.25) is 0 Å². The van der Waals surface area contributed by atoms with Crippen molar-refractivity contribution >= 4 is 0 Å². The average molecular weight is 120 g/mol. The smallest absolute Gasteiger partial charge is 0.278 e. The fourth-order valence-electron chi connectivity index (χ4n) is 1.27. The molecular formula is C5H6F2O. The van der Waals surface area contributed by atoms with Gasteiger partial charge in [-0.05, 0) is 6.42 Å². The first-order valence-electron chi connectivity index (χ1n) is 2.70. The number of fused-ring (bicyclic) bond motifs is 1. The van der Waals surface area contributed by atoms with Crippen LogP contribution >= 0.6 is 0 Å². The highest BCUT2D eigenvalue weighted by Gasteiger charge is 2.63. The number of halogens is 2. The van der Waals surface area contributed by atoms with Crippen molar-refractivity contribution in [2.75, 3.05) is 6.61 Å². The Morgan fingerprint density at radius 1 is 1.50 bits per heavy atom. The van der Waals surface area contributed by atoms with Gasteiger partial charge in [0.1, 0.15) is 6.10 Å². The van der Waals surface area contributed by atoms with Gasteiger partial charge in [0.15, 0.2) is 0 Å². The topological polar surface area (TPSA) is 9.23 Å². The summed E-state index contributed by atoms with van der Waals surface area (Å²) in [6, 6.07) is 0. The maximum atomic E-state index is 12.3. The van der Waals surface area contributed by atoms with Crippen molar-refractivity contribution < 1.29 is 13.5 Å². The molecule has 2 aliphatic heterocycles. The van der Waals surface area contributed by atoms with Crippen LogP contribution < -0.4 is 0 Å². The van der Waals surface area contributed by atoms with Crippen LogP contribution in [0, 0.1) is 5.92 Å². The van der Waals surface area contributed by atoms with Gasteiger partial charge < -0.3 is 4.74 Å². The molecule has 2 atom stereocenters. The van der Waals surface area contributed by atoms with Crippen LogP contribution in [0.3, 0.4) is 0 Å². The second-order valence-electron chi connectivity index (χ2n) is 2.43. The van der Waals surface area contributed by atoms with E-state index in [4.69, 9.17) is 4.74 Å². The van der Waals surface area contributed by atoms with E-state index in [9.17, 15) is 8.78 Å². The highest BCUT2D eigenvalue weighted by Crippen LogP contribution is 2.51. The van der Waals surface area contributed by atoms with E-state index in [0.29, 0.717) is 6.42 Å². The first-order chi connectivity index (χ1) is 3.71. The molecule has 1 nitrogen and oxygen atoms in total. The maximum absolute atomic E-state index is 12.3. The zero-order chi connectivity index (χ0) is 5.78. The van der Waals surface area contributed by atoms with E-state index in [1.807, 2.05) is 0 Å². The summed E-state index contributed by atoms with van der Waals surface area (Å²) in [4.78, 5) is 0. The molecule has 3 rings (SSSR count). The Kier molecular flexibility index (Phi) is 0.615. The minimum atomic E-state index is -2.47. The molecule has 2 unspecified atom stereocenters. The van der Waals surface area contributed by atoms with E-state index in [-0.39, 0.29) is 6.61 Å². The van der Waals surface area contributed by atoms with Crippen LogP contribution in [0.15, 0.2) is 0 Å². The second-order valence-corrected chi connectivity index (χ2v) is 2.43. The molecule has 0 radical (unpaired) electrons. The van der Waals surface area contributed by atoms with Gasteiger partial charge in [-0.3, -0.25) is 0 Å². The Morgan fingerprint density at radius 3 is 2.38 bits per heavy atom. The van der Waals surface area contributed by atoms with E-state index in [1.54, 1.807) is 0 Å². The number of ether oxygens (including phenoxy) is 1. The van der Waals surface area contributed by atoms with Gasteiger partial charge in [-0.15, -0.1) is 0 Å². The van der Waals surface area contributed by atoms with Crippen LogP contribution in [-0.2, 0) is 4.74 Å². The minimum Gasteiger partial charge on any atom is -0.371 e. The summed E-state index contributed by atoms with van der Waals surface area (Å²) in [6.45, 7) is 0.275. The highest BCUT2D eigenvalue weighted by atomic mass is 19.3. The fraction of sp³-hybridized carbons (Fsp3) is 1.00. The van der Waals surface area contributed by atoms with E-state index >= 15 is 0 Å². The molecule has 2 saturated heterocycles. The van der Waals surface area contributed by atoms with Gasteiger partial charge >= 0.3 is 0 Å². The second kappa shape index (κ2) is 1.05. The summed E-state index contributed by atoms with van der Waals surface area (Å²) >= 11 is 0. The van der Waals surface area contributed by atoms with Crippen molar-refractivity contribution in [3.05, 3.63) is 0 Å². The molecule has 3 fully saturated rings. The summed E-state index contributed by atoms with van der Waals surface area (Å²) < 4.78 is 29.2. The van der Waals surface area contributed by atoms with Gasteiger partial charge in [-0.2, -0.15) is 0 Å². The van der Waals surface area contributed by atoms with Crippen molar-refractivity contribution in [3.8, 4) is 0 Å². The number of hydrogen-bond acceptors (Lipinski definition) is 1. The first kappa shape index (κ1) is 4.68. The van der Waals surface area contributed by atoms with Crippen molar-refractivity contribution in [2.24, 2.45) is 5.92 Å². The van der Waals surface area contributed by atoms with Gasteiger partial charge in [0, 0.05) is 0 Å². The SMILES string of the molecule is FC1(F)C2COC1C2. The first-order valence-corrected chi connectivity index (χ1v) is 2.70. The van der Waals surface area contributed by atoms with E-state index < -0.39 is 17.9 Å². The normalized spacial score (nSPS) is 48.8. The summed E-state index contributed by atoms with van der Waals surface area (Å²) in [7, 11) is 0. The summed E-state index contributed by atoms with van der Waals surface area (Å²) in [5.41, 5.74) is 0. The third-order valence-electron chi connectivity index (χ3n) is 1.97. The molecule has 46 valence electrons. The minimum absolute atomic E-state index is 0.275. The Morgan fingerprint density at radius 2 is 2.25 bits per heavy atom. The van der Waals surface area contributed by atoms with Crippen LogP contribution in [0.4, 0.5) is 8.78 Å². The van der Waals surface area contributed by atoms with Crippen LogP contribution in [0.1, 0.15) is 6.42 Å². The third-order valence-corrected chi connectivity index (χ3v) is 1.97. The number of alkyl halides is 2. The zero-order valence-corrected chi connectivity index (χ0v) is 4.23. The predicted octanol–water partition coefficient (Wildman–Crippen LogP) is 1.04. The molecule has 3 heteroatoms. The molecule has 1 aliphatic carbocycles. The third kappa shape index (κ3) is 0.312. The van der Waals surface area contributed by atoms with Crippen molar-refractivity contribution in [3.63, 3.8) is 0 Å². The molecule has 2 bridgehead atoms. The quantitative estimate of drug-likeness (QED) is 0.464. The summed E-state index contributed by atoms with van der Waals surface area (Å²) in [5.74, 6) is -2.92. The molecule has 8 heavy (non-hydrogen) atoms. The molecule has 2 heterocycles. The van der Waals surface area contributed by atoms with E-state index in [1.165, 1.54) is 0 Å². The molecule has 0 aromatic rings. The Hall–Kier alpha value is -0.180. The van der Waals surface area contributed by atoms with Crippen molar-refractivity contribution in [2.45, 2.75) is 18.4 Å². The molecule has 0 aromatic carbocycles. The molecule has 0 amide bonds. The number of rotatable bonds is 0. The van der Waals surface area contributed by atoms with Gasteiger partial charge in [0.25, 0.3) is 5.92 Å². The number of hydrogen-bond donors (Lipinski definition) is 0. The lowest BCUT2D eigenvalue weighted by Crippen LogP contribution is -2.46. The predicted molar refractivity (Wildman–Crippen MR) is 22.8 cm³/mol. The van der Waals surface area contributed by atoms with Crippen LogP contribution in [0.5, 0.6) is 0 Å². The fourth-order valence-corrected chi connectivity index (χ4v) is 1.27. The van der Waals surface area contributed by atoms with Crippen LogP contribution in [0.2, 0.25) is 0 Å². The maximum Gasteiger partial charge on any atom is 0.278 e. The Balaban J connectivity index is 2.23. The summed E-state index contributed by atoms with van der Waals surface area (Å²) in [5, 5.41) is 0. The van der Waals surface area contributed by atoms with Gasteiger partial charge in [-0.1, -0.05) is 0 Å². The molecule has 0 spiro atoms. The van der Waals surface area contributed by atoms with Crippen molar-refractivity contribution in [1.82, 2.24) is 0 Å². The van der Waals surface area contributed by atoms with Crippen LogP contribution in [0.25, 0.3) is 0 Å². The van der Waals surface area contributed by atoms with Crippen LogP contribution in [-0.4, -0.2) is 18.6 Å². The van der Waals surface area contributed by atoms with E-state index in [0.717, 1.165) is 0 Å². The lowest BCUT2D eigenvalue weighted by atomic mass is 9.82. The Bertz CT molecular complexity index is 108.